The number of thiophene rings is 1. The molecular weight excluding hydrogens is 424 g/mol. The van der Waals surface area contributed by atoms with Gasteiger partial charge in [-0.05, 0) is 35.7 Å². The minimum Gasteiger partial charge on any atom is -0.497 e. The maximum absolute atomic E-state index is 13.7. The molecule has 30 heavy (non-hydrogen) atoms. The van der Waals surface area contributed by atoms with Gasteiger partial charge < -0.3 is 14.6 Å². The van der Waals surface area contributed by atoms with Gasteiger partial charge in [0.2, 0.25) is 0 Å². The summed E-state index contributed by atoms with van der Waals surface area (Å²) in [6.45, 7) is 4.69. The summed E-state index contributed by atoms with van der Waals surface area (Å²) in [5.41, 5.74) is 1.45. The number of nitrogens with zero attached hydrogens (tertiary/aromatic N) is 2. The molecule has 158 valence electrons. The largest absolute Gasteiger partial charge is 0.497 e. The molecule has 0 radical (unpaired) electrons. The molecular formula is C21H22N2O5S2. The molecule has 2 aromatic heterocycles. The second-order valence-corrected chi connectivity index (χ2v) is 9.42. The van der Waals surface area contributed by atoms with Crippen molar-refractivity contribution in [2.75, 3.05) is 12.9 Å². The van der Waals surface area contributed by atoms with E-state index in [1.165, 1.54) is 15.9 Å². The summed E-state index contributed by atoms with van der Waals surface area (Å²) in [6, 6.07) is 7.08. The van der Waals surface area contributed by atoms with Crippen LogP contribution in [-0.2, 0) is 22.6 Å². The first-order valence-electron chi connectivity index (χ1n) is 9.57. The van der Waals surface area contributed by atoms with Crippen molar-refractivity contribution in [3.05, 3.63) is 45.1 Å². The third kappa shape index (κ3) is 3.84. The first-order chi connectivity index (χ1) is 14.4. The molecule has 1 aliphatic rings. The number of thioether (sulfide) groups is 1. The Balaban J connectivity index is 1.91. The maximum atomic E-state index is 13.7. The van der Waals surface area contributed by atoms with Crippen LogP contribution in [0.25, 0.3) is 15.9 Å². The van der Waals surface area contributed by atoms with Gasteiger partial charge in [-0.15, -0.1) is 11.3 Å². The normalized spacial score (nSPS) is 16.1. The SMILES string of the molecule is COc1ccc(-n2c(SCC(=O)O)nc3sc4c(c3c2=O)C[C@@H](C(C)C)OC4)cc1. The molecule has 0 bridgehead atoms. The number of ether oxygens (including phenoxy) is 2. The number of fused-ring (bicyclic) bond motifs is 3. The summed E-state index contributed by atoms with van der Waals surface area (Å²) in [5.74, 6) is -0.132. The highest BCUT2D eigenvalue weighted by atomic mass is 32.2. The van der Waals surface area contributed by atoms with Crippen LogP contribution in [-0.4, -0.2) is 39.6 Å². The lowest BCUT2D eigenvalue weighted by atomic mass is 9.96. The van der Waals surface area contributed by atoms with E-state index in [4.69, 9.17) is 19.6 Å². The van der Waals surface area contributed by atoms with E-state index in [9.17, 15) is 9.59 Å². The third-order valence-electron chi connectivity index (χ3n) is 5.11. The van der Waals surface area contributed by atoms with Gasteiger partial charge in [-0.2, -0.15) is 0 Å². The number of carboxylic acid groups (broad SMARTS) is 1. The van der Waals surface area contributed by atoms with Crippen LogP contribution < -0.4 is 10.3 Å². The first-order valence-corrected chi connectivity index (χ1v) is 11.4. The minimum atomic E-state index is -0.964. The van der Waals surface area contributed by atoms with Crippen molar-refractivity contribution in [3.8, 4) is 11.4 Å². The summed E-state index contributed by atoms with van der Waals surface area (Å²) in [5, 5.41) is 10.1. The van der Waals surface area contributed by atoms with Crippen molar-refractivity contribution in [2.45, 2.75) is 38.1 Å². The molecule has 0 amide bonds. The number of carbonyl (C=O) groups is 1. The zero-order valence-electron chi connectivity index (χ0n) is 16.9. The molecule has 1 N–H and O–H groups in total. The van der Waals surface area contributed by atoms with Gasteiger partial charge in [0.1, 0.15) is 10.6 Å². The highest BCUT2D eigenvalue weighted by Gasteiger charge is 2.28. The van der Waals surface area contributed by atoms with E-state index >= 15 is 0 Å². The number of aliphatic carboxylic acids is 1. The predicted molar refractivity (Wildman–Crippen MR) is 117 cm³/mol. The quantitative estimate of drug-likeness (QED) is 0.456. The van der Waals surface area contributed by atoms with Crippen LogP contribution in [0.4, 0.5) is 0 Å². The van der Waals surface area contributed by atoms with Crippen LogP contribution in [0.1, 0.15) is 24.3 Å². The number of carboxylic acids is 1. The first kappa shape index (κ1) is 20.9. The van der Waals surface area contributed by atoms with Crippen LogP contribution >= 0.6 is 23.1 Å². The summed E-state index contributed by atoms with van der Waals surface area (Å²) < 4.78 is 12.7. The van der Waals surface area contributed by atoms with Crippen molar-refractivity contribution in [1.82, 2.24) is 9.55 Å². The summed E-state index contributed by atoms with van der Waals surface area (Å²) in [4.78, 5) is 31.2. The Hall–Kier alpha value is -2.36. The van der Waals surface area contributed by atoms with Crippen LogP contribution in [0.2, 0.25) is 0 Å². The van der Waals surface area contributed by atoms with E-state index < -0.39 is 5.97 Å². The van der Waals surface area contributed by atoms with Gasteiger partial charge in [-0.25, -0.2) is 4.98 Å². The van der Waals surface area contributed by atoms with Crippen LogP contribution in [0.3, 0.4) is 0 Å². The predicted octanol–water partition coefficient (Wildman–Crippen LogP) is 3.73. The molecule has 0 spiro atoms. The Bertz CT molecular complexity index is 1150. The lowest BCUT2D eigenvalue weighted by molar-refractivity contribution is -0.133. The Morgan fingerprint density at radius 3 is 2.77 bits per heavy atom. The molecule has 4 rings (SSSR count). The third-order valence-corrected chi connectivity index (χ3v) is 7.13. The average molecular weight is 447 g/mol. The monoisotopic (exact) mass is 446 g/mol. The molecule has 7 nitrogen and oxygen atoms in total. The molecule has 0 aliphatic carbocycles. The highest BCUT2D eigenvalue weighted by molar-refractivity contribution is 7.99. The van der Waals surface area contributed by atoms with Gasteiger partial charge >= 0.3 is 5.97 Å². The van der Waals surface area contributed by atoms with Crippen LogP contribution in [0.5, 0.6) is 5.75 Å². The summed E-state index contributed by atoms with van der Waals surface area (Å²) >= 11 is 2.49. The molecule has 0 saturated carbocycles. The Morgan fingerprint density at radius 2 is 2.13 bits per heavy atom. The molecule has 1 aliphatic heterocycles. The molecule has 1 aromatic carbocycles. The van der Waals surface area contributed by atoms with Gasteiger partial charge in [0.25, 0.3) is 5.56 Å². The molecule has 0 saturated heterocycles. The number of aromatic nitrogens is 2. The van der Waals surface area contributed by atoms with Crippen molar-refractivity contribution >= 4 is 39.3 Å². The fraction of sp³-hybridized carbons (Fsp3) is 0.381. The van der Waals surface area contributed by atoms with Gasteiger partial charge in [-0.3, -0.25) is 14.2 Å². The molecule has 9 heteroatoms. The van der Waals surface area contributed by atoms with Crippen LogP contribution in [0.15, 0.2) is 34.2 Å². The van der Waals surface area contributed by atoms with Gasteiger partial charge in [0, 0.05) is 11.3 Å². The van der Waals surface area contributed by atoms with Crippen molar-refractivity contribution in [3.63, 3.8) is 0 Å². The highest BCUT2D eigenvalue weighted by Crippen LogP contribution is 2.36. The van der Waals surface area contributed by atoms with E-state index in [1.807, 2.05) is 0 Å². The minimum absolute atomic E-state index is 0.0604. The number of benzene rings is 1. The van der Waals surface area contributed by atoms with Crippen molar-refractivity contribution < 1.29 is 19.4 Å². The Kier molecular flexibility index (Phi) is 5.86. The smallest absolute Gasteiger partial charge is 0.313 e. The Morgan fingerprint density at radius 1 is 1.40 bits per heavy atom. The summed E-state index contributed by atoms with van der Waals surface area (Å²) in [6.07, 6.45) is 0.735. The molecule has 0 unspecified atom stereocenters. The number of hydrogen-bond donors (Lipinski definition) is 1. The van der Waals surface area contributed by atoms with Crippen LogP contribution in [0, 0.1) is 5.92 Å². The standard InChI is InChI=1S/C21H22N2O5S2/c1-11(2)15-8-14-16(9-28-15)30-19-18(14)20(26)23(21(22-19)29-10-17(24)25)12-4-6-13(27-3)7-5-12/h4-7,11,15H,8-10H2,1-3H3,(H,24,25)/t15-/m0/s1. The molecule has 0 fully saturated rings. The second kappa shape index (κ2) is 8.41. The van der Waals surface area contributed by atoms with E-state index in [0.717, 1.165) is 22.2 Å². The van der Waals surface area contributed by atoms with E-state index in [2.05, 4.69) is 13.8 Å². The zero-order valence-corrected chi connectivity index (χ0v) is 18.5. The van der Waals surface area contributed by atoms with E-state index in [1.54, 1.807) is 31.4 Å². The molecule has 1 atom stereocenters. The van der Waals surface area contributed by atoms with Gasteiger partial charge in [-0.1, -0.05) is 25.6 Å². The lowest BCUT2D eigenvalue weighted by Crippen LogP contribution is -2.28. The number of rotatable bonds is 6. The van der Waals surface area contributed by atoms with Crippen molar-refractivity contribution in [2.24, 2.45) is 5.92 Å². The molecule has 3 heterocycles. The lowest BCUT2D eigenvalue weighted by Gasteiger charge is -2.26. The van der Waals surface area contributed by atoms with Crippen molar-refractivity contribution in [1.29, 1.82) is 0 Å². The topological polar surface area (TPSA) is 90.6 Å². The van der Waals surface area contributed by atoms with Gasteiger partial charge in [0.15, 0.2) is 5.16 Å². The van der Waals surface area contributed by atoms with Gasteiger partial charge in [0.05, 0.1) is 36.6 Å². The number of hydrogen-bond acceptors (Lipinski definition) is 7. The zero-order chi connectivity index (χ0) is 21.4. The second-order valence-electron chi connectivity index (χ2n) is 7.40. The van der Waals surface area contributed by atoms with E-state index in [0.29, 0.717) is 45.8 Å². The Labute approximate surface area is 181 Å². The summed E-state index contributed by atoms with van der Waals surface area (Å²) in [7, 11) is 1.58. The average Bonchev–Trinajstić information content (AvgIpc) is 3.10. The maximum Gasteiger partial charge on any atom is 0.313 e. The number of methoxy groups -OCH3 is 1. The van der Waals surface area contributed by atoms with E-state index in [-0.39, 0.29) is 17.4 Å². The fourth-order valence-electron chi connectivity index (χ4n) is 3.52. The fourth-order valence-corrected chi connectivity index (χ4v) is 5.42. The molecule has 3 aromatic rings.